The van der Waals surface area contributed by atoms with Crippen LogP contribution in [0.1, 0.15) is 25.8 Å². The number of nitrogens with one attached hydrogen (secondary N) is 3. The first-order valence-electron chi connectivity index (χ1n) is 12.4. The fourth-order valence-electron chi connectivity index (χ4n) is 5.94. The number of benzene rings is 1. The van der Waals surface area contributed by atoms with E-state index in [0.717, 1.165) is 0 Å². The van der Waals surface area contributed by atoms with E-state index in [1.54, 1.807) is 27.9 Å². The molecule has 10 atom stereocenters. The van der Waals surface area contributed by atoms with Crippen molar-refractivity contribution in [3.8, 4) is 5.75 Å². The monoisotopic (exact) mass is 551 g/mol. The van der Waals surface area contributed by atoms with Crippen molar-refractivity contribution in [1.29, 1.82) is 0 Å². The number of fused-ring (bicyclic) bond motifs is 2. The second-order valence-electron chi connectivity index (χ2n) is 10.4. The molecule has 3 fully saturated rings. The van der Waals surface area contributed by atoms with Gasteiger partial charge in [-0.1, -0.05) is 12.1 Å². The van der Waals surface area contributed by atoms with Crippen molar-refractivity contribution in [2.45, 2.75) is 93.0 Å². The molecule has 0 radical (unpaired) electrons. The highest BCUT2D eigenvalue weighted by Crippen LogP contribution is 2.50. The van der Waals surface area contributed by atoms with Crippen LogP contribution in [-0.4, -0.2) is 107 Å². The van der Waals surface area contributed by atoms with Crippen LogP contribution in [0.15, 0.2) is 24.3 Å². The summed E-state index contributed by atoms with van der Waals surface area (Å²) in [5, 5.41) is 54.3. The number of rotatable bonds is 7. The van der Waals surface area contributed by atoms with E-state index in [1.165, 1.54) is 24.3 Å². The largest absolute Gasteiger partial charge is 0.573 e. The van der Waals surface area contributed by atoms with Crippen LogP contribution in [-0.2, 0) is 20.8 Å². The zero-order valence-electron chi connectivity index (χ0n) is 21.5. The average molecular weight is 552 g/mol. The lowest BCUT2D eigenvalue weighted by molar-refractivity contribution is -0.500. The van der Waals surface area contributed by atoms with Gasteiger partial charge in [-0.3, -0.25) is 0 Å². The first kappa shape index (κ1) is 29.4. The number of halogens is 3. The zero-order valence-corrected chi connectivity index (χ0v) is 21.5. The van der Waals surface area contributed by atoms with Crippen LogP contribution in [0, 0.1) is 0 Å². The molecule has 38 heavy (non-hydrogen) atoms. The van der Waals surface area contributed by atoms with Crippen molar-refractivity contribution in [3.05, 3.63) is 29.8 Å². The van der Waals surface area contributed by atoms with Gasteiger partial charge >= 0.3 is 6.36 Å². The summed E-state index contributed by atoms with van der Waals surface area (Å²) < 4.78 is 59.2. The molecule has 2 saturated heterocycles. The quantitative estimate of drug-likeness (QED) is 0.231. The third kappa shape index (κ3) is 5.14. The van der Waals surface area contributed by atoms with Crippen LogP contribution in [0.25, 0.3) is 0 Å². The molecule has 2 heterocycles. The highest BCUT2D eigenvalue weighted by molar-refractivity contribution is 5.27. The minimum Gasteiger partial charge on any atom is -0.406 e. The standard InChI is InChI=1S/C24H36F3N3O8/c1-12-9-22(33,11-30-10-13-5-7-14(8-6-13)37-24(25,26)27)23(34)20(35-12)36-19-17(32)15(28-3)16(31)18(29-4)21(19,2)38-23/h5-8,12,15-20,28-34H,9-11H2,1-4H3/t12-,15-,16+,17+,18+,19?,20+,21-,22+,23-/m1/s1. The Morgan fingerprint density at radius 1 is 1.05 bits per heavy atom. The molecular formula is C24H36F3N3O8. The van der Waals surface area contributed by atoms with Gasteiger partial charge in [0.05, 0.1) is 24.3 Å². The van der Waals surface area contributed by atoms with Crippen LogP contribution >= 0.6 is 0 Å². The van der Waals surface area contributed by atoms with Crippen LogP contribution in [0.2, 0.25) is 0 Å². The number of hydrogen-bond acceptors (Lipinski definition) is 11. The van der Waals surface area contributed by atoms with Gasteiger partial charge in [-0.25, -0.2) is 0 Å². The summed E-state index contributed by atoms with van der Waals surface area (Å²) in [5.74, 6) is -2.76. The first-order chi connectivity index (χ1) is 17.7. The summed E-state index contributed by atoms with van der Waals surface area (Å²) in [5.41, 5.74) is -2.83. The summed E-state index contributed by atoms with van der Waals surface area (Å²) in [4.78, 5) is 0. The normalized spacial score (nSPS) is 43.3. The molecule has 3 aliphatic rings. The summed E-state index contributed by atoms with van der Waals surface area (Å²) in [6.45, 7) is 3.20. The van der Waals surface area contributed by atoms with Gasteiger partial charge in [0.2, 0.25) is 12.1 Å². The Hall–Kier alpha value is -1.59. The molecular weight excluding hydrogens is 515 g/mol. The summed E-state index contributed by atoms with van der Waals surface area (Å²) in [6.07, 6.45) is -10.3. The molecule has 2 aliphatic heterocycles. The van der Waals surface area contributed by atoms with Gasteiger partial charge in [-0.15, -0.1) is 13.2 Å². The fraction of sp³-hybridized carbons (Fsp3) is 0.750. The van der Waals surface area contributed by atoms with E-state index in [2.05, 4.69) is 20.7 Å². The third-order valence-electron chi connectivity index (χ3n) is 7.73. The number of ether oxygens (including phenoxy) is 4. The maximum atomic E-state index is 12.4. The molecule has 0 bridgehead atoms. The molecule has 1 aromatic rings. The number of hydrogen-bond donors (Lipinski definition) is 7. The molecule has 1 saturated carbocycles. The molecule has 4 rings (SSSR count). The molecule has 1 aliphatic carbocycles. The summed E-state index contributed by atoms with van der Waals surface area (Å²) in [6, 6.07) is 3.65. The van der Waals surface area contributed by atoms with Crippen LogP contribution in [0.3, 0.4) is 0 Å². The lowest BCUT2D eigenvalue weighted by atomic mass is 9.70. The molecule has 0 aromatic heterocycles. The average Bonchev–Trinajstić information content (AvgIpc) is 2.80. The summed E-state index contributed by atoms with van der Waals surface area (Å²) >= 11 is 0. The van der Waals surface area contributed by atoms with E-state index in [1.807, 2.05) is 0 Å². The van der Waals surface area contributed by atoms with E-state index < -0.39 is 66.1 Å². The lowest BCUT2D eigenvalue weighted by Gasteiger charge is -2.64. The Kier molecular flexibility index (Phi) is 8.07. The minimum absolute atomic E-state index is 0.0517. The Labute approximate surface area is 218 Å². The Bertz CT molecular complexity index is 974. The number of aliphatic hydroxyl groups excluding tert-OH is 2. The van der Waals surface area contributed by atoms with Gasteiger partial charge in [-0.05, 0) is 45.6 Å². The highest BCUT2D eigenvalue weighted by atomic mass is 19.4. The van der Waals surface area contributed by atoms with Crippen LogP contribution in [0.5, 0.6) is 5.75 Å². The van der Waals surface area contributed by atoms with Crippen molar-refractivity contribution in [2.75, 3.05) is 20.6 Å². The topological polar surface area (TPSA) is 154 Å². The van der Waals surface area contributed by atoms with Gasteiger partial charge < -0.3 is 55.3 Å². The SMILES string of the molecule is CN[C@@H]1[C@H](O)[C@H](NC)[C@@]2(C)O[C@]3(O)[C@H](OC2[C@H]1O)O[C@H](C)C[C@]3(O)CNCc1ccc(OC(F)(F)F)cc1. The predicted molar refractivity (Wildman–Crippen MR) is 126 cm³/mol. The fourth-order valence-corrected chi connectivity index (χ4v) is 5.94. The Morgan fingerprint density at radius 2 is 1.71 bits per heavy atom. The molecule has 1 aromatic carbocycles. The van der Waals surface area contributed by atoms with Crippen molar-refractivity contribution in [3.63, 3.8) is 0 Å². The number of aliphatic hydroxyl groups is 4. The predicted octanol–water partition coefficient (Wildman–Crippen LogP) is -0.685. The van der Waals surface area contributed by atoms with E-state index in [9.17, 15) is 33.6 Å². The maximum Gasteiger partial charge on any atom is 0.573 e. The van der Waals surface area contributed by atoms with Gasteiger partial charge in [0.15, 0.2) is 0 Å². The molecule has 1 unspecified atom stereocenters. The van der Waals surface area contributed by atoms with Gasteiger partial charge in [-0.2, -0.15) is 0 Å². The van der Waals surface area contributed by atoms with Crippen molar-refractivity contribution in [1.82, 2.24) is 16.0 Å². The number of likely N-dealkylation sites (N-methyl/N-ethyl adjacent to an activating group) is 2. The smallest absolute Gasteiger partial charge is 0.406 e. The van der Waals surface area contributed by atoms with E-state index in [0.29, 0.717) is 5.56 Å². The maximum absolute atomic E-state index is 12.4. The van der Waals surface area contributed by atoms with E-state index >= 15 is 0 Å². The van der Waals surface area contributed by atoms with Crippen molar-refractivity contribution in [2.24, 2.45) is 0 Å². The van der Waals surface area contributed by atoms with Gasteiger partial charge in [0.25, 0.3) is 0 Å². The van der Waals surface area contributed by atoms with Crippen LogP contribution in [0.4, 0.5) is 13.2 Å². The van der Waals surface area contributed by atoms with Crippen molar-refractivity contribution >= 4 is 0 Å². The van der Waals surface area contributed by atoms with E-state index in [4.69, 9.17) is 14.2 Å². The zero-order chi connectivity index (χ0) is 28.1. The van der Waals surface area contributed by atoms with E-state index in [-0.39, 0.29) is 25.3 Å². The van der Waals surface area contributed by atoms with Crippen molar-refractivity contribution < 1.29 is 52.5 Å². The van der Waals surface area contributed by atoms with Gasteiger partial charge in [0, 0.05) is 19.5 Å². The number of alkyl halides is 3. The Morgan fingerprint density at radius 3 is 2.29 bits per heavy atom. The van der Waals surface area contributed by atoms with Crippen LogP contribution < -0.4 is 20.7 Å². The first-order valence-corrected chi connectivity index (χ1v) is 12.4. The molecule has 0 amide bonds. The highest BCUT2D eigenvalue weighted by Gasteiger charge is 2.72. The summed E-state index contributed by atoms with van der Waals surface area (Å²) in [7, 11) is 3.19. The third-order valence-corrected chi connectivity index (χ3v) is 7.73. The second-order valence-corrected chi connectivity index (χ2v) is 10.4. The lowest BCUT2D eigenvalue weighted by Crippen LogP contribution is -2.85. The minimum atomic E-state index is -4.79. The Balaban J connectivity index is 1.53. The molecule has 216 valence electrons. The molecule has 0 spiro atoms. The van der Waals surface area contributed by atoms with Gasteiger partial charge in [0.1, 0.15) is 29.2 Å². The molecule has 11 nitrogen and oxygen atoms in total. The molecule has 14 heteroatoms. The molecule has 7 N–H and O–H groups in total. The second kappa shape index (κ2) is 10.4.